The van der Waals surface area contributed by atoms with Gasteiger partial charge in [-0.25, -0.2) is 4.79 Å². The number of rotatable bonds is 4. The van der Waals surface area contributed by atoms with Crippen molar-refractivity contribution in [2.45, 2.75) is 25.7 Å². The zero-order valence-corrected chi connectivity index (χ0v) is 12.1. The summed E-state index contributed by atoms with van der Waals surface area (Å²) in [6.45, 7) is 0.674. The highest BCUT2D eigenvalue weighted by molar-refractivity contribution is 9.10. The van der Waals surface area contributed by atoms with Gasteiger partial charge in [0.1, 0.15) is 0 Å². The zero-order valence-electron chi connectivity index (χ0n) is 10.5. The van der Waals surface area contributed by atoms with Crippen molar-refractivity contribution in [3.05, 3.63) is 33.8 Å². The summed E-state index contributed by atoms with van der Waals surface area (Å²) in [4.78, 5) is 22.9. The molecule has 1 aliphatic carbocycles. The maximum absolute atomic E-state index is 12.0. The fourth-order valence-corrected chi connectivity index (χ4v) is 2.89. The lowest BCUT2D eigenvalue weighted by molar-refractivity contribution is 0.0697. The Kier molecular flexibility index (Phi) is 4.58. The minimum Gasteiger partial charge on any atom is -0.478 e. The van der Waals surface area contributed by atoms with Gasteiger partial charge in [-0.2, -0.15) is 0 Å². The highest BCUT2D eigenvalue weighted by atomic mass is 79.9. The topological polar surface area (TPSA) is 66.4 Å². The quantitative estimate of drug-likeness (QED) is 0.894. The Morgan fingerprint density at radius 2 is 1.84 bits per heavy atom. The van der Waals surface area contributed by atoms with Crippen LogP contribution in [0.15, 0.2) is 22.7 Å². The zero-order chi connectivity index (χ0) is 13.8. The Bertz CT molecular complexity index is 495. The van der Waals surface area contributed by atoms with Gasteiger partial charge in [0.2, 0.25) is 0 Å². The van der Waals surface area contributed by atoms with Crippen LogP contribution in [-0.2, 0) is 0 Å². The van der Waals surface area contributed by atoms with Crippen molar-refractivity contribution in [1.29, 1.82) is 0 Å². The number of halogens is 1. The Morgan fingerprint density at radius 1 is 1.21 bits per heavy atom. The lowest BCUT2D eigenvalue weighted by Gasteiger charge is -2.11. The van der Waals surface area contributed by atoms with Gasteiger partial charge in [0, 0.05) is 16.6 Å². The summed E-state index contributed by atoms with van der Waals surface area (Å²) in [7, 11) is 0. The number of hydrogen-bond acceptors (Lipinski definition) is 2. The first kappa shape index (κ1) is 14.1. The number of carboxylic acid groups (broad SMARTS) is 1. The second-order valence-corrected chi connectivity index (χ2v) is 5.81. The molecule has 1 fully saturated rings. The van der Waals surface area contributed by atoms with E-state index in [0.717, 1.165) is 0 Å². The van der Waals surface area contributed by atoms with Crippen molar-refractivity contribution in [2.24, 2.45) is 5.92 Å². The van der Waals surface area contributed by atoms with E-state index in [0.29, 0.717) is 22.5 Å². The largest absolute Gasteiger partial charge is 0.478 e. The van der Waals surface area contributed by atoms with Gasteiger partial charge in [-0.3, -0.25) is 4.79 Å². The molecule has 0 radical (unpaired) electrons. The Balaban J connectivity index is 2.03. The van der Waals surface area contributed by atoms with Crippen LogP contribution in [-0.4, -0.2) is 23.5 Å². The first-order valence-corrected chi connectivity index (χ1v) is 7.17. The smallest absolute Gasteiger partial charge is 0.335 e. The predicted molar refractivity (Wildman–Crippen MR) is 75.4 cm³/mol. The monoisotopic (exact) mass is 325 g/mol. The van der Waals surface area contributed by atoms with Crippen LogP contribution in [0.1, 0.15) is 46.4 Å². The lowest BCUT2D eigenvalue weighted by atomic mass is 10.1. The average Bonchev–Trinajstić information content (AvgIpc) is 2.88. The number of carboxylic acids is 1. The molecule has 0 aliphatic heterocycles. The minimum atomic E-state index is -1.04. The van der Waals surface area contributed by atoms with E-state index in [1.54, 1.807) is 6.07 Å². The fraction of sp³-hybridized carbons (Fsp3) is 0.429. The van der Waals surface area contributed by atoms with Gasteiger partial charge in [-0.15, -0.1) is 0 Å². The lowest BCUT2D eigenvalue weighted by Crippen LogP contribution is -2.28. The van der Waals surface area contributed by atoms with Crippen LogP contribution in [0.3, 0.4) is 0 Å². The van der Waals surface area contributed by atoms with Crippen LogP contribution in [0.25, 0.3) is 0 Å². The van der Waals surface area contributed by atoms with Gasteiger partial charge in [-0.05, 0) is 37.0 Å². The summed E-state index contributed by atoms with van der Waals surface area (Å²) in [6, 6.07) is 4.52. The third-order valence-electron chi connectivity index (χ3n) is 3.43. The molecule has 19 heavy (non-hydrogen) atoms. The van der Waals surface area contributed by atoms with Gasteiger partial charge in [-0.1, -0.05) is 28.8 Å². The van der Waals surface area contributed by atoms with E-state index in [2.05, 4.69) is 21.2 Å². The molecule has 102 valence electrons. The fourth-order valence-electron chi connectivity index (χ4n) is 2.40. The van der Waals surface area contributed by atoms with E-state index in [1.807, 2.05) is 0 Å². The molecule has 1 aliphatic rings. The van der Waals surface area contributed by atoms with E-state index in [9.17, 15) is 9.59 Å². The van der Waals surface area contributed by atoms with Crippen LogP contribution < -0.4 is 5.32 Å². The van der Waals surface area contributed by atoms with Gasteiger partial charge in [0.05, 0.1) is 5.56 Å². The summed E-state index contributed by atoms with van der Waals surface area (Å²) in [5.74, 6) is -0.683. The first-order valence-electron chi connectivity index (χ1n) is 6.38. The molecule has 5 heteroatoms. The molecule has 1 aromatic rings. The Morgan fingerprint density at radius 3 is 2.47 bits per heavy atom. The van der Waals surface area contributed by atoms with Crippen LogP contribution >= 0.6 is 15.9 Å². The highest BCUT2D eigenvalue weighted by Gasteiger charge is 2.17. The van der Waals surface area contributed by atoms with Crippen molar-refractivity contribution in [1.82, 2.24) is 5.32 Å². The van der Waals surface area contributed by atoms with E-state index < -0.39 is 5.97 Å². The molecule has 2 rings (SSSR count). The van der Waals surface area contributed by atoms with Crippen LogP contribution in [0.4, 0.5) is 0 Å². The number of nitrogens with one attached hydrogen (secondary N) is 1. The standard InChI is InChI=1S/C14H16BrNO3/c15-12-6-10(5-11(7-12)14(18)19)13(17)16-8-9-3-1-2-4-9/h5-7,9H,1-4,8H2,(H,16,17)(H,18,19). The Hall–Kier alpha value is -1.36. The normalized spacial score (nSPS) is 15.4. The van der Waals surface area contributed by atoms with Crippen molar-refractivity contribution >= 4 is 27.8 Å². The third-order valence-corrected chi connectivity index (χ3v) is 3.89. The molecule has 4 nitrogen and oxygen atoms in total. The SMILES string of the molecule is O=C(O)c1cc(Br)cc(C(=O)NCC2CCCC2)c1. The predicted octanol–water partition coefficient (Wildman–Crippen LogP) is 3.07. The Labute approximate surface area is 120 Å². The van der Waals surface area contributed by atoms with Crippen molar-refractivity contribution in [3.63, 3.8) is 0 Å². The number of hydrogen-bond donors (Lipinski definition) is 2. The molecule has 1 saturated carbocycles. The van der Waals surface area contributed by atoms with Crippen molar-refractivity contribution < 1.29 is 14.7 Å². The third kappa shape index (κ3) is 3.80. The van der Waals surface area contributed by atoms with Crippen molar-refractivity contribution in [2.75, 3.05) is 6.54 Å². The molecule has 0 heterocycles. The second-order valence-electron chi connectivity index (χ2n) is 4.89. The molecule has 0 bridgehead atoms. The molecular formula is C14H16BrNO3. The van der Waals surface area contributed by atoms with Crippen LogP contribution in [0.5, 0.6) is 0 Å². The van der Waals surface area contributed by atoms with E-state index in [1.165, 1.54) is 37.8 Å². The summed E-state index contributed by atoms with van der Waals surface area (Å²) < 4.78 is 0.596. The van der Waals surface area contributed by atoms with E-state index in [4.69, 9.17) is 5.11 Å². The first-order chi connectivity index (χ1) is 9.06. The highest BCUT2D eigenvalue weighted by Crippen LogP contribution is 2.24. The molecule has 2 N–H and O–H groups in total. The molecule has 1 amide bonds. The number of amides is 1. The number of benzene rings is 1. The maximum Gasteiger partial charge on any atom is 0.335 e. The summed E-state index contributed by atoms with van der Waals surface area (Å²) >= 11 is 3.22. The minimum absolute atomic E-state index is 0.111. The molecule has 0 atom stereocenters. The molecular weight excluding hydrogens is 310 g/mol. The van der Waals surface area contributed by atoms with Crippen LogP contribution in [0.2, 0.25) is 0 Å². The van der Waals surface area contributed by atoms with E-state index >= 15 is 0 Å². The molecule has 1 aromatic carbocycles. The molecule has 0 saturated heterocycles. The summed E-state index contributed by atoms with van der Waals surface area (Å²) in [6.07, 6.45) is 4.81. The van der Waals surface area contributed by atoms with E-state index in [-0.39, 0.29) is 11.5 Å². The number of carbonyl (C=O) groups is 2. The van der Waals surface area contributed by atoms with Gasteiger partial charge in [0.15, 0.2) is 0 Å². The molecule has 0 unspecified atom stereocenters. The van der Waals surface area contributed by atoms with Gasteiger partial charge >= 0.3 is 5.97 Å². The van der Waals surface area contributed by atoms with Gasteiger partial charge < -0.3 is 10.4 Å². The van der Waals surface area contributed by atoms with Crippen molar-refractivity contribution in [3.8, 4) is 0 Å². The maximum atomic E-state index is 12.0. The van der Waals surface area contributed by atoms with Crippen LogP contribution in [0, 0.1) is 5.92 Å². The average molecular weight is 326 g/mol. The summed E-state index contributed by atoms with van der Waals surface area (Å²) in [5, 5.41) is 11.8. The van der Waals surface area contributed by atoms with Gasteiger partial charge in [0.25, 0.3) is 5.91 Å². The molecule has 0 aromatic heterocycles. The number of aromatic carboxylic acids is 1. The molecule has 0 spiro atoms. The second kappa shape index (κ2) is 6.19. The number of carbonyl (C=O) groups excluding carboxylic acids is 1. The summed E-state index contributed by atoms with van der Waals surface area (Å²) in [5.41, 5.74) is 0.491.